The molecule has 0 aliphatic carbocycles. The molecule has 4 heteroatoms. The molecule has 0 aromatic carbocycles. The Hall–Kier alpha value is -0.610. The van der Waals surface area contributed by atoms with Gasteiger partial charge in [-0.15, -0.1) is 0 Å². The maximum atomic E-state index is 11.5. The Morgan fingerprint density at radius 1 is 1.67 bits per heavy atom. The summed E-state index contributed by atoms with van der Waals surface area (Å²) >= 11 is 0. The minimum Gasteiger partial charge on any atom is -0.378 e. The van der Waals surface area contributed by atoms with E-state index in [1.807, 2.05) is 6.92 Å². The van der Waals surface area contributed by atoms with Crippen LogP contribution in [0.4, 0.5) is 0 Å². The highest BCUT2D eigenvalue weighted by atomic mass is 16.7. The molecule has 1 rings (SSSR count). The molecule has 1 aliphatic heterocycles. The molecule has 12 heavy (non-hydrogen) atoms. The van der Waals surface area contributed by atoms with Crippen LogP contribution >= 0.6 is 0 Å². The fraction of sp³-hybridized carbons (Fsp3) is 0.875. The average Bonchev–Trinajstić information content (AvgIpc) is 2.48. The van der Waals surface area contributed by atoms with Crippen LogP contribution < -0.4 is 0 Å². The highest BCUT2D eigenvalue weighted by molar-refractivity contribution is 5.78. The normalized spacial score (nSPS) is 28.9. The first-order chi connectivity index (χ1) is 5.66. The minimum atomic E-state index is -0.0325. The van der Waals surface area contributed by atoms with Crippen molar-refractivity contribution in [1.29, 1.82) is 0 Å². The van der Waals surface area contributed by atoms with Crippen LogP contribution in [0.5, 0.6) is 0 Å². The van der Waals surface area contributed by atoms with Gasteiger partial charge in [-0.05, 0) is 13.3 Å². The molecule has 0 spiro atoms. The zero-order valence-corrected chi connectivity index (χ0v) is 7.74. The van der Waals surface area contributed by atoms with E-state index in [0.29, 0.717) is 6.61 Å². The molecule has 2 atom stereocenters. The van der Waals surface area contributed by atoms with Gasteiger partial charge in [-0.2, -0.15) is 0 Å². The van der Waals surface area contributed by atoms with E-state index in [1.165, 1.54) is 12.2 Å². The topological polar surface area (TPSA) is 38.8 Å². The smallest absolute Gasteiger partial charge is 0.251 e. The Balaban J connectivity index is 2.51. The molecule has 1 fully saturated rings. The first-order valence-electron chi connectivity index (χ1n) is 4.10. The summed E-state index contributed by atoms with van der Waals surface area (Å²) in [5.41, 5.74) is 0. The zero-order chi connectivity index (χ0) is 9.14. The third kappa shape index (κ3) is 1.76. The Morgan fingerprint density at radius 2 is 2.33 bits per heavy atom. The van der Waals surface area contributed by atoms with Crippen LogP contribution in [0.25, 0.3) is 0 Å². The van der Waals surface area contributed by atoms with Crippen LogP contribution in [0.1, 0.15) is 13.3 Å². The van der Waals surface area contributed by atoms with E-state index in [-0.39, 0.29) is 17.9 Å². The van der Waals surface area contributed by atoms with Crippen LogP contribution in [0.3, 0.4) is 0 Å². The number of hydrogen-bond donors (Lipinski definition) is 0. The quantitative estimate of drug-likeness (QED) is 0.568. The summed E-state index contributed by atoms with van der Waals surface area (Å²) in [5.74, 6) is -0.0301. The third-order valence-electron chi connectivity index (χ3n) is 2.28. The molecule has 0 saturated carbocycles. The van der Waals surface area contributed by atoms with E-state index in [2.05, 4.69) is 0 Å². The number of carbonyl (C=O) groups excluding carboxylic acids is 1. The van der Waals surface area contributed by atoms with Crippen molar-refractivity contribution >= 4 is 5.91 Å². The molecule has 1 amide bonds. The van der Waals surface area contributed by atoms with Crippen LogP contribution in [-0.4, -0.2) is 37.8 Å². The molecule has 0 aromatic rings. The molecule has 2 unspecified atom stereocenters. The second kappa shape index (κ2) is 3.87. The predicted molar refractivity (Wildman–Crippen MR) is 43.3 cm³/mol. The number of amides is 1. The van der Waals surface area contributed by atoms with Gasteiger partial charge in [-0.1, -0.05) is 0 Å². The Bertz CT molecular complexity index is 172. The molecular weight excluding hydrogens is 158 g/mol. The number of hydrogen-bond acceptors (Lipinski definition) is 3. The van der Waals surface area contributed by atoms with Gasteiger partial charge in [0.15, 0.2) is 0 Å². The van der Waals surface area contributed by atoms with Crippen LogP contribution in [-0.2, 0) is 14.4 Å². The van der Waals surface area contributed by atoms with Gasteiger partial charge >= 0.3 is 0 Å². The van der Waals surface area contributed by atoms with Crippen molar-refractivity contribution in [3.05, 3.63) is 0 Å². The summed E-state index contributed by atoms with van der Waals surface area (Å²) in [4.78, 5) is 16.3. The summed E-state index contributed by atoms with van der Waals surface area (Å²) < 4.78 is 5.28. The number of nitrogens with zero attached hydrogens (tertiary/aromatic N) is 1. The number of ether oxygens (including phenoxy) is 1. The van der Waals surface area contributed by atoms with Crippen molar-refractivity contribution in [2.45, 2.75) is 19.4 Å². The molecular formula is C8H15NO3. The molecule has 0 bridgehead atoms. The summed E-state index contributed by atoms with van der Waals surface area (Å²) in [6.07, 6.45) is 0.823. The fourth-order valence-corrected chi connectivity index (χ4v) is 1.38. The Labute approximate surface area is 72.4 Å². The molecule has 70 valence electrons. The van der Waals surface area contributed by atoms with Crippen molar-refractivity contribution in [2.75, 3.05) is 20.8 Å². The number of carbonyl (C=O) groups is 1. The SMILES string of the molecule is CON(C)C(=O)C1CCOC1C. The van der Waals surface area contributed by atoms with Gasteiger partial charge in [-0.3, -0.25) is 9.63 Å². The van der Waals surface area contributed by atoms with Crippen molar-refractivity contribution in [3.8, 4) is 0 Å². The van der Waals surface area contributed by atoms with Gasteiger partial charge in [0, 0.05) is 13.7 Å². The lowest BCUT2D eigenvalue weighted by Gasteiger charge is -2.19. The van der Waals surface area contributed by atoms with Gasteiger partial charge in [0.2, 0.25) is 0 Å². The lowest BCUT2D eigenvalue weighted by Crippen LogP contribution is -2.35. The predicted octanol–water partition coefficient (Wildman–Crippen LogP) is 0.431. The maximum Gasteiger partial charge on any atom is 0.251 e. The molecule has 4 nitrogen and oxygen atoms in total. The monoisotopic (exact) mass is 173 g/mol. The summed E-state index contributed by atoms with van der Waals surface area (Å²) in [5, 5.41) is 1.26. The third-order valence-corrected chi connectivity index (χ3v) is 2.28. The lowest BCUT2D eigenvalue weighted by molar-refractivity contribution is -0.174. The lowest BCUT2D eigenvalue weighted by atomic mass is 10.0. The fourth-order valence-electron chi connectivity index (χ4n) is 1.38. The minimum absolute atomic E-state index is 0.00231. The Kier molecular flexibility index (Phi) is 3.05. The second-order valence-electron chi connectivity index (χ2n) is 2.99. The summed E-state index contributed by atoms with van der Waals surface area (Å²) in [6, 6.07) is 0. The molecule has 1 aliphatic rings. The largest absolute Gasteiger partial charge is 0.378 e. The molecule has 0 aromatic heterocycles. The maximum absolute atomic E-state index is 11.5. The van der Waals surface area contributed by atoms with Crippen molar-refractivity contribution in [2.24, 2.45) is 5.92 Å². The van der Waals surface area contributed by atoms with E-state index in [4.69, 9.17) is 9.57 Å². The van der Waals surface area contributed by atoms with E-state index in [9.17, 15) is 4.79 Å². The molecule has 0 radical (unpaired) electrons. The first kappa shape index (κ1) is 9.48. The molecule has 1 saturated heterocycles. The Morgan fingerprint density at radius 3 is 2.75 bits per heavy atom. The van der Waals surface area contributed by atoms with Gasteiger partial charge in [-0.25, -0.2) is 5.06 Å². The van der Waals surface area contributed by atoms with E-state index >= 15 is 0 Å². The summed E-state index contributed by atoms with van der Waals surface area (Å²) in [7, 11) is 3.10. The van der Waals surface area contributed by atoms with E-state index in [0.717, 1.165) is 6.42 Å². The molecule has 0 N–H and O–H groups in total. The van der Waals surface area contributed by atoms with E-state index in [1.54, 1.807) is 7.05 Å². The standard InChI is InChI=1S/C8H15NO3/c1-6-7(4-5-12-6)8(10)9(2)11-3/h6-7H,4-5H2,1-3H3. The first-order valence-corrected chi connectivity index (χ1v) is 4.10. The highest BCUT2D eigenvalue weighted by Gasteiger charge is 2.32. The van der Waals surface area contributed by atoms with Crippen LogP contribution in [0, 0.1) is 5.92 Å². The average molecular weight is 173 g/mol. The highest BCUT2D eigenvalue weighted by Crippen LogP contribution is 2.22. The number of rotatable bonds is 2. The van der Waals surface area contributed by atoms with Gasteiger partial charge in [0.1, 0.15) is 0 Å². The van der Waals surface area contributed by atoms with E-state index < -0.39 is 0 Å². The van der Waals surface area contributed by atoms with Crippen LogP contribution in [0.15, 0.2) is 0 Å². The van der Waals surface area contributed by atoms with Gasteiger partial charge in [0.05, 0.1) is 19.1 Å². The van der Waals surface area contributed by atoms with Gasteiger partial charge in [0.25, 0.3) is 5.91 Å². The second-order valence-corrected chi connectivity index (χ2v) is 2.99. The van der Waals surface area contributed by atoms with Crippen molar-refractivity contribution < 1.29 is 14.4 Å². The van der Waals surface area contributed by atoms with Crippen molar-refractivity contribution in [3.63, 3.8) is 0 Å². The zero-order valence-electron chi connectivity index (χ0n) is 7.74. The molecule has 1 heterocycles. The van der Waals surface area contributed by atoms with Crippen molar-refractivity contribution in [1.82, 2.24) is 5.06 Å². The number of hydroxylamine groups is 2. The van der Waals surface area contributed by atoms with Crippen LogP contribution in [0.2, 0.25) is 0 Å². The summed E-state index contributed by atoms with van der Waals surface area (Å²) in [6.45, 7) is 2.59. The van der Waals surface area contributed by atoms with Gasteiger partial charge < -0.3 is 4.74 Å².